The third kappa shape index (κ3) is 6.38. The first-order valence-corrected chi connectivity index (χ1v) is 11.8. The maximum Gasteiger partial charge on any atom is 0.416 e. The summed E-state index contributed by atoms with van der Waals surface area (Å²) in [6.45, 7) is 1.06. The molecule has 3 aromatic rings. The van der Waals surface area contributed by atoms with Crippen LogP contribution in [0.2, 0.25) is 0 Å². The summed E-state index contributed by atoms with van der Waals surface area (Å²) >= 11 is 0. The van der Waals surface area contributed by atoms with Gasteiger partial charge < -0.3 is 10.1 Å². The number of hydrogen-bond acceptors (Lipinski definition) is 5. The second-order valence-electron chi connectivity index (χ2n) is 7.22. The predicted molar refractivity (Wildman–Crippen MR) is 123 cm³/mol. The summed E-state index contributed by atoms with van der Waals surface area (Å²) in [5.41, 5.74) is -0.874. The molecule has 0 aliphatic heterocycles. The van der Waals surface area contributed by atoms with Crippen LogP contribution < -0.4 is 9.62 Å². The topological polar surface area (TPSA) is 92.8 Å². The SMILES string of the molecule is CCOC(=O)c1ccc(NC(=O)CN(c2cccc(C(F)(F)F)c2)S(=O)(=O)c2ccccc2)cc1. The van der Waals surface area contributed by atoms with Gasteiger partial charge in [-0.3, -0.25) is 9.10 Å². The minimum Gasteiger partial charge on any atom is -0.462 e. The average molecular weight is 507 g/mol. The zero-order valence-corrected chi connectivity index (χ0v) is 19.3. The van der Waals surface area contributed by atoms with Crippen molar-refractivity contribution in [2.24, 2.45) is 0 Å². The zero-order chi connectivity index (χ0) is 25.6. The summed E-state index contributed by atoms with van der Waals surface area (Å²) in [7, 11) is -4.38. The van der Waals surface area contributed by atoms with Crippen molar-refractivity contribution < 1.29 is 35.9 Å². The summed E-state index contributed by atoms with van der Waals surface area (Å²) < 4.78 is 71.8. The van der Waals surface area contributed by atoms with E-state index in [1.165, 1.54) is 54.6 Å². The Morgan fingerprint density at radius 1 is 0.943 bits per heavy atom. The summed E-state index contributed by atoms with van der Waals surface area (Å²) in [6, 6.07) is 16.5. The number of benzene rings is 3. The minimum atomic E-state index is -4.71. The van der Waals surface area contributed by atoms with E-state index in [1.54, 1.807) is 13.0 Å². The molecular formula is C24H21F3N2O5S. The summed E-state index contributed by atoms with van der Waals surface area (Å²) in [6.07, 6.45) is -4.71. The Morgan fingerprint density at radius 3 is 2.20 bits per heavy atom. The van der Waals surface area contributed by atoms with Gasteiger partial charge in [-0.05, 0) is 61.5 Å². The number of nitrogens with zero attached hydrogens (tertiary/aromatic N) is 1. The number of amides is 1. The van der Waals surface area contributed by atoms with Crippen LogP contribution in [0.15, 0.2) is 83.8 Å². The van der Waals surface area contributed by atoms with Gasteiger partial charge >= 0.3 is 12.1 Å². The van der Waals surface area contributed by atoms with Crippen molar-refractivity contribution in [3.63, 3.8) is 0 Å². The average Bonchev–Trinajstić information content (AvgIpc) is 2.83. The molecule has 0 aliphatic carbocycles. The van der Waals surface area contributed by atoms with E-state index in [9.17, 15) is 31.2 Å². The van der Waals surface area contributed by atoms with Crippen molar-refractivity contribution in [3.8, 4) is 0 Å². The molecule has 11 heteroatoms. The van der Waals surface area contributed by atoms with Gasteiger partial charge in [0, 0.05) is 5.69 Å². The second kappa shape index (κ2) is 10.6. The lowest BCUT2D eigenvalue weighted by molar-refractivity contribution is -0.137. The van der Waals surface area contributed by atoms with Gasteiger partial charge in [-0.25, -0.2) is 13.2 Å². The largest absolute Gasteiger partial charge is 0.462 e. The Labute approximate surface area is 200 Å². The molecule has 0 aromatic heterocycles. The fourth-order valence-corrected chi connectivity index (χ4v) is 4.54. The zero-order valence-electron chi connectivity index (χ0n) is 18.5. The Balaban J connectivity index is 1.90. The first kappa shape index (κ1) is 25.8. The smallest absolute Gasteiger partial charge is 0.416 e. The molecular weight excluding hydrogens is 485 g/mol. The fourth-order valence-electron chi connectivity index (χ4n) is 3.11. The van der Waals surface area contributed by atoms with Crippen LogP contribution in [0.5, 0.6) is 0 Å². The molecule has 0 aliphatic rings. The molecule has 1 N–H and O–H groups in total. The maximum absolute atomic E-state index is 13.3. The van der Waals surface area contributed by atoms with E-state index in [0.717, 1.165) is 12.1 Å². The number of esters is 1. The quantitative estimate of drug-likeness (QED) is 0.447. The normalized spacial score (nSPS) is 11.5. The van der Waals surface area contributed by atoms with Gasteiger partial charge in [0.15, 0.2) is 0 Å². The van der Waals surface area contributed by atoms with Gasteiger partial charge in [-0.1, -0.05) is 24.3 Å². The third-order valence-corrected chi connectivity index (χ3v) is 6.55. The van der Waals surface area contributed by atoms with Crippen LogP contribution in [0.4, 0.5) is 24.5 Å². The standard InChI is InChI=1S/C24H21F3N2O5S/c1-2-34-23(31)17-11-13-19(14-12-17)28-22(30)16-29(35(32,33)21-9-4-3-5-10-21)20-8-6-7-18(15-20)24(25,26)27/h3-15H,2,16H2,1H3,(H,28,30). The van der Waals surface area contributed by atoms with Gasteiger partial charge in [0.2, 0.25) is 5.91 Å². The molecule has 0 heterocycles. The number of nitrogens with one attached hydrogen (secondary N) is 1. The van der Waals surface area contributed by atoms with Crippen LogP contribution in [0, 0.1) is 0 Å². The minimum absolute atomic E-state index is 0.191. The number of anilines is 2. The van der Waals surface area contributed by atoms with Gasteiger partial charge in [0.05, 0.1) is 28.3 Å². The molecule has 1 amide bonds. The van der Waals surface area contributed by atoms with E-state index >= 15 is 0 Å². The Kier molecular flexibility index (Phi) is 7.80. The number of ether oxygens (including phenoxy) is 1. The molecule has 35 heavy (non-hydrogen) atoms. The van der Waals surface area contributed by atoms with Gasteiger partial charge in [0.25, 0.3) is 10.0 Å². The Hall–Kier alpha value is -3.86. The van der Waals surface area contributed by atoms with Crippen LogP contribution >= 0.6 is 0 Å². The van der Waals surface area contributed by atoms with E-state index in [0.29, 0.717) is 10.4 Å². The van der Waals surface area contributed by atoms with Crippen molar-refractivity contribution in [1.29, 1.82) is 0 Å². The Morgan fingerprint density at radius 2 is 1.60 bits per heavy atom. The van der Waals surface area contributed by atoms with E-state index in [4.69, 9.17) is 4.74 Å². The highest BCUT2D eigenvalue weighted by Crippen LogP contribution is 2.33. The molecule has 0 spiro atoms. The second-order valence-corrected chi connectivity index (χ2v) is 9.08. The van der Waals surface area contributed by atoms with Gasteiger partial charge in [-0.15, -0.1) is 0 Å². The van der Waals surface area contributed by atoms with Gasteiger partial charge in [0.1, 0.15) is 6.54 Å². The predicted octanol–water partition coefficient (Wildman–Crippen LogP) is 4.72. The van der Waals surface area contributed by atoms with E-state index in [-0.39, 0.29) is 28.4 Å². The molecule has 0 saturated carbocycles. The van der Waals surface area contributed by atoms with Crippen molar-refractivity contribution >= 4 is 33.3 Å². The number of sulfonamides is 1. The highest BCUT2D eigenvalue weighted by atomic mass is 32.2. The highest BCUT2D eigenvalue weighted by Gasteiger charge is 2.33. The van der Waals surface area contributed by atoms with Crippen molar-refractivity contribution in [2.45, 2.75) is 18.0 Å². The molecule has 3 aromatic carbocycles. The number of rotatable bonds is 8. The molecule has 0 bridgehead atoms. The molecule has 7 nitrogen and oxygen atoms in total. The molecule has 3 rings (SSSR count). The fraction of sp³-hybridized carbons (Fsp3) is 0.167. The highest BCUT2D eigenvalue weighted by molar-refractivity contribution is 7.92. The van der Waals surface area contributed by atoms with Crippen LogP contribution in [-0.4, -0.2) is 33.4 Å². The Bertz CT molecular complexity index is 1290. The number of halogens is 3. The maximum atomic E-state index is 13.3. The van der Waals surface area contributed by atoms with Crippen molar-refractivity contribution in [1.82, 2.24) is 0 Å². The lowest BCUT2D eigenvalue weighted by atomic mass is 10.2. The van der Waals surface area contributed by atoms with Crippen molar-refractivity contribution in [3.05, 3.63) is 90.0 Å². The van der Waals surface area contributed by atoms with E-state index < -0.39 is 40.2 Å². The summed E-state index contributed by atoms with van der Waals surface area (Å²) in [4.78, 5) is 24.3. The first-order chi connectivity index (χ1) is 16.5. The molecule has 0 radical (unpaired) electrons. The van der Waals surface area contributed by atoms with Crippen LogP contribution in [0.1, 0.15) is 22.8 Å². The molecule has 184 valence electrons. The van der Waals surface area contributed by atoms with Gasteiger partial charge in [-0.2, -0.15) is 13.2 Å². The van der Waals surface area contributed by atoms with E-state index in [1.807, 2.05) is 0 Å². The third-order valence-electron chi connectivity index (χ3n) is 4.76. The summed E-state index contributed by atoms with van der Waals surface area (Å²) in [5, 5.41) is 2.49. The molecule has 0 saturated heterocycles. The molecule has 0 fully saturated rings. The lowest BCUT2D eigenvalue weighted by Gasteiger charge is -2.25. The first-order valence-electron chi connectivity index (χ1n) is 10.3. The van der Waals surface area contributed by atoms with E-state index in [2.05, 4.69) is 5.32 Å². The monoisotopic (exact) mass is 506 g/mol. The van der Waals surface area contributed by atoms with Crippen molar-refractivity contribution in [2.75, 3.05) is 22.8 Å². The number of hydrogen-bond donors (Lipinski definition) is 1. The molecule has 0 unspecified atom stereocenters. The molecule has 0 atom stereocenters. The number of carbonyl (C=O) groups is 2. The van der Waals surface area contributed by atoms with Crippen LogP contribution in [0.25, 0.3) is 0 Å². The number of alkyl halides is 3. The lowest BCUT2D eigenvalue weighted by Crippen LogP contribution is -2.38. The van der Waals surface area contributed by atoms with Crippen LogP contribution in [-0.2, 0) is 25.7 Å². The van der Waals surface area contributed by atoms with Crippen LogP contribution in [0.3, 0.4) is 0 Å². The summed E-state index contributed by atoms with van der Waals surface area (Å²) in [5.74, 6) is -1.35. The number of carbonyl (C=O) groups excluding carboxylic acids is 2.